The normalized spacial score (nSPS) is 11.6. The van der Waals surface area contributed by atoms with Crippen LogP contribution < -0.4 is 10.5 Å². The first-order valence-electron chi connectivity index (χ1n) is 12.1. The molecule has 0 aliphatic heterocycles. The maximum atomic E-state index is 6.26. The summed E-state index contributed by atoms with van der Waals surface area (Å²) in [5, 5.41) is 13.2. The first-order valence-corrected chi connectivity index (χ1v) is 12.1. The number of methoxy groups -OCH3 is 1. The van der Waals surface area contributed by atoms with Crippen molar-refractivity contribution in [3.05, 3.63) is 73.1 Å². The molecule has 0 saturated heterocycles. The Kier molecular flexibility index (Phi) is 4.95. The van der Waals surface area contributed by atoms with Crippen LogP contribution in [0, 0.1) is 6.92 Å². The monoisotopic (exact) mass is 518 g/mol. The summed E-state index contributed by atoms with van der Waals surface area (Å²) < 4.78 is 16.9. The van der Waals surface area contributed by atoms with Crippen LogP contribution in [0.3, 0.4) is 0 Å². The van der Waals surface area contributed by atoms with Gasteiger partial charge in [0, 0.05) is 54.1 Å². The largest absolute Gasteiger partial charge is 0.496 e. The number of benzene rings is 1. The van der Waals surface area contributed by atoms with Crippen molar-refractivity contribution in [1.29, 1.82) is 0 Å². The van der Waals surface area contributed by atoms with Crippen molar-refractivity contribution < 1.29 is 9.15 Å². The lowest BCUT2D eigenvalue weighted by atomic mass is 10.0. The molecule has 2 N–H and O–H groups in total. The van der Waals surface area contributed by atoms with Gasteiger partial charge in [0.25, 0.3) is 0 Å². The molecule has 192 valence electrons. The quantitative estimate of drug-likeness (QED) is 0.357. The molecule has 12 heteroatoms. The number of nitrogens with two attached hydrogens (primary N) is 1. The zero-order valence-corrected chi connectivity index (χ0v) is 21.3. The van der Waals surface area contributed by atoms with E-state index in [4.69, 9.17) is 14.9 Å². The molecule has 0 amide bonds. The summed E-state index contributed by atoms with van der Waals surface area (Å²) in [4.78, 5) is 13.7. The Bertz CT molecular complexity index is 2000. The second-order valence-electron chi connectivity index (χ2n) is 9.10. The van der Waals surface area contributed by atoms with Gasteiger partial charge in [-0.15, -0.1) is 5.10 Å². The summed E-state index contributed by atoms with van der Waals surface area (Å²) in [6.07, 6.45) is 9.11. The Hall–Kier alpha value is -5.52. The fourth-order valence-electron chi connectivity index (χ4n) is 4.79. The molecule has 0 spiro atoms. The molecular formula is C27H22N10O2. The van der Waals surface area contributed by atoms with Crippen LogP contribution in [-0.4, -0.2) is 51.2 Å². The van der Waals surface area contributed by atoms with Crippen LogP contribution in [-0.2, 0) is 7.05 Å². The number of hydrogen-bond acceptors (Lipinski definition) is 9. The summed E-state index contributed by atoms with van der Waals surface area (Å²) in [7, 11) is 3.49. The van der Waals surface area contributed by atoms with Crippen molar-refractivity contribution in [2.45, 2.75) is 6.92 Å². The van der Waals surface area contributed by atoms with E-state index < -0.39 is 0 Å². The topological polar surface area (TPSA) is 140 Å². The van der Waals surface area contributed by atoms with Crippen molar-refractivity contribution in [3.8, 4) is 45.3 Å². The molecule has 7 rings (SSSR count). The van der Waals surface area contributed by atoms with Gasteiger partial charge >= 0.3 is 0 Å². The van der Waals surface area contributed by atoms with E-state index in [1.54, 1.807) is 35.0 Å². The number of pyridine rings is 1. The van der Waals surface area contributed by atoms with Crippen LogP contribution in [0.2, 0.25) is 0 Å². The van der Waals surface area contributed by atoms with E-state index in [1.807, 2.05) is 67.3 Å². The minimum atomic E-state index is 0.0738. The molecule has 1 aromatic carbocycles. The number of anilines is 1. The summed E-state index contributed by atoms with van der Waals surface area (Å²) in [6, 6.07) is 11.4. The molecule has 0 bridgehead atoms. The molecule has 6 aromatic heterocycles. The zero-order valence-electron chi connectivity index (χ0n) is 21.3. The van der Waals surface area contributed by atoms with Crippen molar-refractivity contribution in [1.82, 2.24) is 44.1 Å². The first-order chi connectivity index (χ1) is 19.0. The van der Waals surface area contributed by atoms with E-state index in [9.17, 15) is 0 Å². The van der Waals surface area contributed by atoms with Crippen molar-refractivity contribution >= 4 is 22.6 Å². The second-order valence-corrected chi connectivity index (χ2v) is 9.10. The number of rotatable bonds is 5. The molecule has 6 heterocycles. The van der Waals surface area contributed by atoms with Gasteiger partial charge in [-0.3, -0.25) is 4.68 Å². The average molecular weight is 519 g/mol. The van der Waals surface area contributed by atoms with E-state index in [-0.39, 0.29) is 5.95 Å². The number of aromatic nitrogens is 9. The lowest BCUT2D eigenvalue weighted by Crippen LogP contribution is -2.09. The average Bonchev–Trinajstić information content (AvgIpc) is 3.75. The van der Waals surface area contributed by atoms with Crippen molar-refractivity contribution in [2.75, 3.05) is 12.8 Å². The van der Waals surface area contributed by atoms with Gasteiger partial charge in [0.15, 0.2) is 11.6 Å². The fraction of sp³-hybridized carbons (Fsp3) is 0.111. The van der Waals surface area contributed by atoms with Crippen LogP contribution in [0.25, 0.3) is 56.2 Å². The van der Waals surface area contributed by atoms with Crippen LogP contribution in [0.4, 0.5) is 5.95 Å². The van der Waals surface area contributed by atoms with Gasteiger partial charge in [0.2, 0.25) is 5.95 Å². The molecule has 7 aromatic rings. The summed E-state index contributed by atoms with van der Waals surface area (Å²) >= 11 is 0. The number of fused-ring (bicyclic) bond motifs is 2. The molecule has 0 fully saturated rings. The van der Waals surface area contributed by atoms with Gasteiger partial charge in [0.05, 0.1) is 30.6 Å². The minimum Gasteiger partial charge on any atom is -0.496 e. The lowest BCUT2D eigenvalue weighted by Gasteiger charge is -2.15. The maximum absolute atomic E-state index is 6.26. The fourth-order valence-corrected chi connectivity index (χ4v) is 4.79. The molecule has 12 nitrogen and oxygen atoms in total. The number of aryl methyl sites for hydroxylation is 2. The Labute approximate surface area is 221 Å². The highest BCUT2D eigenvalue weighted by atomic mass is 16.5. The summed E-state index contributed by atoms with van der Waals surface area (Å²) in [6.45, 7) is 2.00. The minimum absolute atomic E-state index is 0.0738. The molecule has 39 heavy (non-hydrogen) atoms. The first kappa shape index (κ1) is 22.7. The van der Waals surface area contributed by atoms with Crippen LogP contribution in [0.5, 0.6) is 5.75 Å². The SMILES string of the molecule is COc1cc2nnn(-c3nc(N)nc(-c4ccco4)c3-c3ccc4ncc(C)n4c3)c2cc1-c1cnn(C)c1. The van der Waals surface area contributed by atoms with Gasteiger partial charge < -0.3 is 19.3 Å². The predicted octanol–water partition coefficient (Wildman–Crippen LogP) is 4.08. The third kappa shape index (κ3) is 3.61. The third-order valence-electron chi connectivity index (χ3n) is 6.62. The highest BCUT2D eigenvalue weighted by molar-refractivity contribution is 5.90. The zero-order chi connectivity index (χ0) is 26.7. The third-order valence-corrected chi connectivity index (χ3v) is 6.62. The predicted molar refractivity (Wildman–Crippen MR) is 144 cm³/mol. The Balaban J connectivity index is 1.54. The van der Waals surface area contributed by atoms with E-state index in [2.05, 4.69) is 30.4 Å². The van der Waals surface area contributed by atoms with Gasteiger partial charge in [0.1, 0.15) is 22.6 Å². The van der Waals surface area contributed by atoms with Crippen LogP contribution in [0.1, 0.15) is 5.69 Å². The van der Waals surface area contributed by atoms with Gasteiger partial charge in [-0.2, -0.15) is 14.8 Å². The van der Waals surface area contributed by atoms with Crippen LogP contribution >= 0.6 is 0 Å². The molecule has 0 aliphatic rings. The molecule has 0 saturated carbocycles. The van der Waals surface area contributed by atoms with E-state index >= 15 is 0 Å². The van der Waals surface area contributed by atoms with E-state index in [0.717, 1.165) is 28.0 Å². The highest BCUT2D eigenvalue weighted by Gasteiger charge is 2.24. The van der Waals surface area contributed by atoms with Gasteiger partial charge in [-0.25, -0.2) is 9.97 Å². The van der Waals surface area contributed by atoms with Gasteiger partial charge in [-0.05, 0) is 37.3 Å². The maximum Gasteiger partial charge on any atom is 0.222 e. The van der Waals surface area contributed by atoms with Crippen LogP contribution in [0.15, 0.2) is 71.9 Å². The molecule has 0 unspecified atom stereocenters. The second kappa shape index (κ2) is 8.52. The number of ether oxygens (including phenoxy) is 1. The number of furan rings is 1. The Morgan fingerprint density at radius 2 is 1.92 bits per heavy atom. The number of hydrogen-bond donors (Lipinski definition) is 1. The Morgan fingerprint density at radius 3 is 2.69 bits per heavy atom. The van der Waals surface area contributed by atoms with E-state index in [0.29, 0.717) is 39.6 Å². The van der Waals surface area contributed by atoms with Crippen molar-refractivity contribution in [3.63, 3.8) is 0 Å². The Morgan fingerprint density at radius 1 is 1.03 bits per heavy atom. The molecule has 0 atom stereocenters. The lowest BCUT2D eigenvalue weighted by molar-refractivity contribution is 0.417. The molecular weight excluding hydrogens is 496 g/mol. The number of nitrogen functional groups attached to an aromatic ring is 1. The van der Waals surface area contributed by atoms with Crippen molar-refractivity contribution in [2.24, 2.45) is 7.05 Å². The van der Waals surface area contributed by atoms with E-state index in [1.165, 1.54) is 0 Å². The number of imidazole rings is 1. The summed E-state index contributed by atoms with van der Waals surface area (Å²) in [5.41, 5.74) is 13.2. The number of nitrogens with zero attached hydrogens (tertiary/aromatic N) is 9. The molecule has 0 aliphatic carbocycles. The van der Waals surface area contributed by atoms with Gasteiger partial charge in [-0.1, -0.05) is 5.21 Å². The summed E-state index contributed by atoms with van der Waals surface area (Å²) in [5.74, 6) is 1.73. The highest BCUT2D eigenvalue weighted by Crippen LogP contribution is 2.38. The standard InChI is InChI=1S/C27H22N10O2/c1-15-11-29-23-7-6-16(14-36(15)23)24-25(21-5-4-8-39-21)31-27(28)32-26(24)37-20-9-18(17-12-30-35(2)13-17)22(38-3)10-19(20)33-34-37/h4-14H,1-3H3,(H2,28,31,32). The molecule has 0 radical (unpaired) electrons. The smallest absolute Gasteiger partial charge is 0.222 e.